The average Bonchev–Trinajstić information content (AvgIpc) is 3.25. The lowest BCUT2D eigenvalue weighted by Gasteiger charge is -2.17. The average molecular weight is 421 g/mol. The molecule has 1 aliphatic rings. The van der Waals surface area contributed by atoms with E-state index in [9.17, 15) is 5.11 Å². The van der Waals surface area contributed by atoms with Crippen molar-refractivity contribution >= 4 is 22.7 Å². The molecule has 0 saturated carbocycles. The number of ether oxygens (including phenoxy) is 2. The fraction of sp³-hybridized carbons (Fsp3) is 0.231. The summed E-state index contributed by atoms with van der Waals surface area (Å²) in [7, 11) is 0. The number of halogens is 1. The first-order valence-corrected chi connectivity index (χ1v) is 10.8. The molecule has 3 aromatic carbocycles. The van der Waals surface area contributed by atoms with Crippen LogP contribution >= 0.6 is 11.6 Å². The highest BCUT2D eigenvalue weighted by molar-refractivity contribution is 6.18. The number of rotatable bonds is 7. The Morgan fingerprint density at radius 2 is 1.63 bits per heavy atom. The van der Waals surface area contributed by atoms with E-state index in [0.717, 1.165) is 47.6 Å². The Morgan fingerprint density at radius 1 is 0.967 bits per heavy atom. The van der Waals surface area contributed by atoms with Crippen molar-refractivity contribution in [3.8, 4) is 17.2 Å². The molecule has 1 heterocycles. The molecule has 154 valence electrons. The molecule has 0 amide bonds. The van der Waals surface area contributed by atoms with Crippen LogP contribution in [0.1, 0.15) is 35.6 Å². The summed E-state index contributed by atoms with van der Waals surface area (Å²) in [4.78, 5) is 0. The number of alkyl halides is 1. The van der Waals surface area contributed by atoms with Crippen LogP contribution in [-0.2, 0) is 6.42 Å². The van der Waals surface area contributed by atoms with E-state index in [1.807, 2.05) is 24.3 Å². The minimum Gasteiger partial charge on any atom is -0.508 e. The maximum atomic E-state index is 9.79. The van der Waals surface area contributed by atoms with Crippen LogP contribution in [0, 0.1) is 0 Å². The van der Waals surface area contributed by atoms with Gasteiger partial charge in [-0.05, 0) is 76.2 Å². The second kappa shape index (κ2) is 9.27. The molecular weight excluding hydrogens is 396 g/mol. The highest BCUT2D eigenvalue weighted by Crippen LogP contribution is 2.37. The molecule has 0 spiro atoms. The molecule has 3 nitrogen and oxygen atoms in total. The largest absolute Gasteiger partial charge is 0.508 e. The highest BCUT2D eigenvalue weighted by atomic mass is 35.5. The number of hydrogen-bond acceptors (Lipinski definition) is 3. The molecule has 1 N–H and O–H groups in total. The summed E-state index contributed by atoms with van der Waals surface area (Å²) in [5.74, 6) is 2.51. The maximum Gasteiger partial charge on any atom is 0.122 e. The molecule has 0 aromatic heterocycles. The minimum atomic E-state index is 0.260. The Kier molecular flexibility index (Phi) is 6.29. The van der Waals surface area contributed by atoms with Crippen LogP contribution in [-0.4, -0.2) is 24.2 Å². The predicted octanol–water partition coefficient (Wildman–Crippen LogP) is 6.31. The van der Waals surface area contributed by atoms with Crippen molar-refractivity contribution in [2.75, 3.05) is 19.1 Å². The summed E-state index contributed by atoms with van der Waals surface area (Å²) >= 11 is 5.73. The van der Waals surface area contributed by atoms with Crippen molar-refractivity contribution < 1.29 is 14.6 Å². The predicted molar refractivity (Wildman–Crippen MR) is 123 cm³/mol. The van der Waals surface area contributed by atoms with Gasteiger partial charge in [-0.15, -0.1) is 11.6 Å². The number of phenols is 1. The molecule has 1 aliphatic heterocycles. The zero-order valence-corrected chi connectivity index (χ0v) is 17.8. The Labute approximate surface area is 182 Å². The molecule has 0 bridgehead atoms. The van der Waals surface area contributed by atoms with Gasteiger partial charge in [-0.3, -0.25) is 0 Å². The fourth-order valence-corrected chi connectivity index (χ4v) is 3.99. The number of phenolic OH excluding ortho intramolecular Hbond substituents is 1. The second-order valence-electron chi connectivity index (χ2n) is 7.24. The van der Waals surface area contributed by atoms with Gasteiger partial charge in [0.2, 0.25) is 0 Å². The molecule has 0 saturated heterocycles. The van der Waals surface area contributed by atoms with Crippen LogP contribution in [0.15, 0.2) is 66.7 Å². The quantitative estimate of drug-likeness (QED) is 0.359. The van der Waals surface area contributed by atoms with Gasteiger partial charge < -0.3 is 14.6 Å². The number of fused-ring (bicyclic) bond motifs is 1. The van der Waals surface area contributed by atoms with Crippen molar-refractivity contribution in [1.29, 1.82) is 0 Å². The minimum absolute atomic E-state index is 0.260. The summed E-state index contributed by atoms with van der Waals surface area (Å²) in [5.41, 5.74) is 7.04. The summed E-state index contributed by atoms with van der Waals surface area (Å²) < 4.78 is 11.3. The third kappa shape index (κ3) is 4.31. The maximum absolute atomic E-state index is 9.79. The normalized spacial score (nSPS) is 13.4. The SMILES string of the molecule is CCC(=C(c1ccc(O)cc1)c1ccc(OCCCl)cc1)c1ccc2c(c1)CCO2. The molecule has 3 aromatic rings. The number of hydrogen-bond donors (Lipinski definition) is 1. The van der Waals surface area contributed by atoms with Gasteiger partial charge in [0.1, 0.15) is 23.9 Å². The first-order chi connectivity index (χ1) is 14.7. The van der Waals surface area contributed by atoms with Crippen LogP contribution in [0.3, 0.4) is 0 Å². The smallest absolute Gasteiger partial charge is 0.122 e. The van der Waals surface area contributed by atoms with E-state index in [-0.39, 0.29) is 5.75 Å². The number of aromatic hydroxyl groups is 1. The zero-order valence-electron chi connectivity index (χ0n) is 17.0. The lowest BCUT2D eigenvalue weighted by Crippen LogP contribution is -1.99. The second-order valence-corrected chi connectivity index (χ2v) is 7.61. The van der Waals surface area contributed by atoms with Gasteiger partial charge in [0, 0.05) is 6.42 Å². The van der Waals surface area contributed by atoms with Crippen LogP contribution in [0.5, 0.6) is 17.2 Å². The summed E-state index contributed by atoms with van der Waals surface area (Å²) in [6.45, 7) is 3.41. The molecule has 0 radical (unpaired) electrons. The topological polar surface area (TPSA) is 38.7 Å². The zero-order chi connectivity index (χ0) is 20.9. The Morgan fingerprint density at radius 3 is 2.30 bits per heavy atom. The van der Waals surface area contributed by atoms with Gasteiger partial charge >= 0.3 is 0 Å². The Bertz CT molecular complexity index is 1040. The van der Waals surface area contributed by atoms with Crippen molar-refractivity contribution in [3.05, 3.63) is 89.0 Å². The number of benzene rings is 3. The van der Waals surface area contributed by atoms with E-state index >= 15 is 0 Å². The lowest BCUT2D eigenvalue weighted by molar-refractivity contribution is 0.343. The highest BCUT2D eigenvalue weighted by Gasteiger charge is 2.17. The fourth-order valence-electron chi connectivity index (χ4n) is 3.92. The van der Waals surface area contributed by atoms with E-state index in [2.05, 4.69) is 37.3 Å². The van der Waals surface area contributed by atoms with Crippen LogP contribution in [0.25, 0.3) is 11.1 Å². The summed E-state index contributed by atoms with van der Waals surface area (Å²) in [6.07, 6.45) is 1.82. The van der Waals surface area contributed by atoms with E-state index in [1.54, 1.807) is 12.1 Å². The molecule has 0 aliphatic carbocycles. The first-order valence-electron chi connectivity index (χ1n) is 10.3. The van der Waals surface area contributed by atoms with E-state index in [0.29, 0.717) is 12.5 Å². The standard InChI is InChI=1S/C26H25ClO3/c1-2-24(20-7-12-25-21(17-20)13-15-30-25)26(18-3-8-22(28)9-4-18)19-5-10-23(11-6-19)29-16-14-27/h3-12,17,28H,2,13-16H2,1H3. The molecule has 4 rings (SSSR count). The molecule has 0 unspecified atom stereocenters. The Hall–Kier alpha value is -2.91. The number of allylic oxidation sites excluding steroid dienone is 1. The van der Waals surface area contributed by atoms with Gasteiger partial charge in [-0.25, -0.2) is 0 Å². The van der Waals surface area contributed by atoms with Gasteiger partial charge in [0.25, 0.3) is 0 Å². The van der Waals surface area contributed by atoms with Crippen LogP contribution in [0.2, 0.25) is 0 Å². The summed E-state index contributed by atoms with van der Waals surface area (Å²) in [6, 6.07) is 22.0. The van der Waals surface area contributed by atoms with Gasteiger partial charge in [0.15, 0.2) is 0 Å². The molecule has 30 heavy (non-hydrogen) atoms. The third-order valence-electron chi connectivity index (χ3n) is 5.34. The monoisotopic (exact) mass is 420 g/mol. The third-order valence-corrected chi connectivity index (χ3v) is 5.49. The first kappa shape index (κ1) is 20.4. The van der Waals surface area contributed by atoms with Crippen LogP contribution < -0.4 is 9.47 Å². The van der Waals surface area contributed by atoms with Gasteiger partial charge in [0.05, 0.1) is 12.5 Å². The van der Waals surface area contributed by atoms with Crippen molar-refractivity contribution in [1.82, 2.24) is 0 Å². The van der Waals surface area contributed by atoms with E-state index in [1.165, 1.54) is 16.7 Å². The molecule has 0 fully saturated rings. The lowest BCUT2D eigenvalue weighted by atomic mass is 9.87. The van der Waals surface area contributed by atoms with Crippen molar-refractivity contribution in [3.63, 3.8) is 0 Å². The summed E-state index contributed by atoms with van der Waals surface area (Å²) in [5, 5.41) is 9.79. The molecular formula is C26H25ClO3. The molecule has 0 atom stereocenters. The van der Waals surface area contributed by atoms with E-state index in [4.69, 9.17) is 21.1 Å². The van der Waals surface area contributed by atoms with Crippen LogP contribution in [0.4, 0.5) is 0 Å². The van der Waals surface area contributed by atoms with Gasteiger partial charge in [-0.1, -0.05) is 37.3 Å². The Balaban J connectivity index is 1.84. The van der Waals surface area contributed by atoms with E-state index < -0.39 is 0 Å². The molecule has 4 heteroatoms. The van der Waals surface area contributed by atoms with Crippen molar-refractivity contribution in [2.45, 2.75) is 19.8 Å². The van der Waals surface area contributed by atoms with Gasteiger partial charge in [-0.2, -0.15) is 0 Å². The van der Waals surface area contributed by atoms with Crippen molar-refractivity contribution in [2.24, 2.45) is 0 Å².